The first-order chi connectivity index (χ1) is 8.01. The number of aromatic amines is 1. The maximum atomic E-state index is 12.5. The van der Waals surface area contributed by atoms with Gasteiger partial charge in [0.1, 0.15) is 0 Å². The van der Waals surface area contributed by atoms with Crippen molar-refractivity contribution in [2.75, 3.05) is 0 Å². The molecule has 0 aromatic carbocycles. The second kappa shape index (κ2) is 3.67. The lowest BCUT2D eigenvalue weighted by Gasteiger charge is -2.26. The first-order valence-electron chi connectivity index (χ1n) is 6.41. The van der Waals surface area contributed by atoms with Crippen LogP contribution in [0, 0.1) is 23.2 Å². The van der Waals surface area contributed by atoms with Gasteiger partial charge < -0.3 is 4.98 Å². The fraction of sp³-hybridized carbons (Fsp3) is 0.769. The third kappa shape index (κ3) is 1.68. The van der Waals surface area contributed by atoms with Crippen LogP contribution >= 0.6 is 0 Å². The molecule has 3 nitrogen and oxygen atoms in total. The maximum absolute atomic E-state index is 12.5. The van der Waals surface area contributed by atoms with Gasteiger partial charge in [0.15, 0.2) is 5.16 Å². The molecule has 3 rings (SSSR count). The molecule has 1 N–H and O–H groups in total. The van der Waals surface area contributed by atoms with Crippen molar-refractivity contribution >= 4 is 10.8 Å². The molecule has 94 valence electrons. The number of hydrogen-bond acceptors (Lipinski definition) is 2. The molecule has 0 spiro atoms. The maximum Gasteiger partial charge on any atom is 0.196 e. The minimum atomic E-state index is -0.963. The van der Waals surface area contributed by atoms with Crippen molar-refractivity contribution < 1.29 is 4.21 Å². The molecule has 17 heavy (non-hydrogen) atoms. The molecule has 1 heterocycles. The monoisotopic (exact) mass is 252 g/mol. The number of fused-ring (bicyclic) bond motifs is 1. The van der Waals surface area contributed by atoms with Crippen molar-refractivity contribution in [1.29, 1.82) is 0 Å². The summed E-state index contributed by atoms with van der Waals surface area (Å²) in [5.41, 5.74) is 0.483. The Morgan fingerprint density at radius 2 is 2.12 bits per heavy atom. The summed E-state index contributed by atoms with van der Waals surface area (Å²) in [6, 6.07) is 0. The third-order valence-electron chi connectivity index (χ3n) is 4.97. The van der Waals surface area contributed by atoms with Crippen LogP contribution in [0.3, 0.4) is 0 Å². The predicted molar refractivity (Wildman–Crippen MR) is 67.9 cm³/mol. The quantitative estimate of drug-likeness (QED) is 0.879. The van der Waals surface area contributed by atoms with E-state index in [0.717, 1.165) is 18.3 Å². The molecule has 0 amide bonds. The Kier molecular flexibility index (Phi) is 2.47. The summed E-state index contributed by atoms with van der Waals surface area (Å²) in [6.07, 6.45) is 5.77. The highest BCUT2D eigenvalue weighted by Gasteiger charge is 2.61. The van der Waals surface area contributed by atoms with E-state index in [0.29, 0.717) is 16.5 Å². The summed E-state index contributed by atoms with van der Waals surface area (Å²) in [4.78, 5) is 7.14. The Bertz CT molecular complexity index is 440. The molecule has 2 aliphatic rings. The zero-order chi connectivity index (χ0) is 12.2. The molecule has 1 aromatic rings. The van der Waals surface area contributed by atoms with Gasteiger partial charge in [0.2, 0.25) is 0 Å². The van der Waals surface area contributed by atoms with Gasteiger partial charge in [-0.15, -0.1) is 0 Å². The van der Waals surface area contributed by atoms with Crippen LogP contribution in [0.4, 0.5) is 0 Å². The normalized spacial score (nSPS) is 40.6. The van der Waals surface area contributed by atoms with Gasteiger partial charge in [0.25, 0.3) is 0 Å². The van der Waals surface area contributed by atoms with Gasteiger partial charge in [-0.1, -0.05) is 20.8 Å². The minimum absolute atomic E-state index is 0.282. The molecular formula is C13H20N2OS. The second-order valence-electron chi connectivity index (χ2n) is 6.21. The molecule has 1 aromatic heterocycles. The molecule has 4 heteroatoms. The van der Waals surface area contributed by atoms with Crippen LogP contribution in [0.15, 0.2) is 17.6 Å². The lowest BCUT2D eigenvalue weighted by molar-refractivity contribution is 0.372. The zero-order valence-electron chi connectivity index (χ0n) is 10.6. The van der Waals surface area contributed by atoms with Crippen LogP contribution in [-0.4, -0.2) is 19.4 Å². The summed E-state index contributed by atoms with van der Waals surface area (Å²) in [7, 11) is -0.963. The van der Waals surface area contributed by atoms with E-state index >= 15 is 0 Å². The molecule has 0 bridgehead atoms. The lowest BCUT2D eigenvalue weighted by Crippen LogP contribution is -2.29. The first-order valence-corrected chi connectivity index (χ1v) is 7.63. The molecule has 2 fully saturated rings. The van der Waals surface area contributed by atoms with Crippen molar-refractivity contribution in [3.8, 4) is 0 Å². The number of imidazole rings is 1. The van der Waals surface area contributed by atoms with Gasteiger partial charge in [-0.3, -0.25) is 4.21 Å². The third-order valence-corrected chi connectivity index (χ3v) is 6.78. The zero-order valence-corrected chi connectivity index (χ0v) is 11.5. The van der Waals surface area contributed by atoms with Crippen LogP contribution in [0.1, 0.15) is 33.6 Å². The Morgan fingerprint density at radius 1 is 1.41 bits per heavy atom. The van der Waals surface area contributed by atoms with Gasteiger partial charge in [-0.2, -0.15) is 0 Å². The summed E-state index contributed by atoms with van der Waals surface area (Å²) in [5, 5.41) is 0.933. The van der Waals surface area contributed by atoms with E-state index < -0.39 is 10.8 Å². The molecule has 2 saturated carbocycles. The molecule has 2 aliphatic carbocycles. The second-order valence-corrected chi connectivity index (χ2v) is 7.80. The SMILES string of the molecule is C[C@@H]1C[C@H]2[C@@H](C[C@@H]1S(=O)c1ncc[nH]1)C2(C)C. The standard InChI is InChI=1S/C13H20N2OS/c1-8-6-9-10(13(9,2)3)7-11(8)17(16)12-14-4-5-15-12/h4-5,8-11H,6-7H2,1-3H3,(H,14,15)/t8-,9+,10-,11+,17?/m1/s1. The van der Waals surface area contributed by atoms with Crippen LogP contribution in [0.5, 0.6) is 0 Å². The van der Waals surface area contributed by atoms with Gasteiger partial charge in [-0.25, -0.2) is 4.98 Å². The van der Waals surface area contributed by atoms with Crippen molar-refractivity contribution in [1.82, 2.24) is 9.97 Å². The Morgan fingerprint density at radius 3 is 2.76 bits per heavy atom. The van der Waals surface area contributed by atoms with E-state index in [1.807, 2.05) is 0 Å². The first kappa shape index (κ1) is 11.5. The van der Waals surface area contributed by atoms with Crippen LogP contribution < -0.4 is 0 Å². The lowest BCUT2D eigenvalue weighted by atomic mass is 9.90. The van der Waals surface area contributed by atoms with Crippen LogP contribution in [0.2, 0.25) is 0 Å². The molecule has 0 saturated heterocycles. The summed E-state index contributed by atoms with van der Waals surface area (Å²) < 4.78 is 12.5. The largest absolute Gasteiger partial charge is 0.338 e. The highest BCUT2D eigenvalue weighted by Crippen LogP contribution is 2.66. The summed E-state index contributed by atoms with van der Waals surface area (Å²) in [6.45, 7) is 6.95. The van der Waals surface area contributed by atoms with E-state index in [-0.39, 0.29) is 5.25 Å². The number of hydrogen-bond donors (Lipinski definition) is 1. The van der Waals surface area contributed by atoms with Gasteiger partial charge in [0.05, 0.1) is 10.8 Å². The van der Waals surface area contributed by atoms with Gasteiger partial charge in [-0.05, 0) is 36.0 Å². The average molecular weight is 252 g/mol. The molecule has 1 unspecified atom stereocenters. The fourth-order valence-corrected chi connectivity index (χ4v) is 5.18. The highest BCUT2D eigenvalue weighted by molar-refractivity contribution is 7.85. The van der Waals surface area contributed by atoms with E-state index in [4.69, 9.17) is 0 Å². The van der Waals surface area contributed by atoms with Gasteiger partial charge in [0, 0.05) is 17.6 Å². The Hall–Kier alpha value is -0.640. The van der Waals surface area contributed by atoms with Crippen LogP contribution in [0.25, 0.3) is 0 Å². The average Bonchev–Trinajstić information content (AvgIpc) is 2.75. The van der Waals surface area contributed by atoms with Crippen molar-refractivity contribution in [2.24, 2.45) is 23.2 Å². The Balaban J connectivity index is 1.78. The topological polar surface area (TPSA) is 45.8 Å². The molecule has 0 aliphatic heterocycles. The number of H-pyrrole nitrogens is 1. The van der Waals surface area contributed by atoms with Gasteiger partial charge >= 0.3 is 0 Å². The number of rotatable bonds is 2. The molecular weight excluding hydrogens is 232 g/mol. The van der Waals surface area contributed by atoms with Crippen molar-refractivity contribution in [2.45, 2.75) is 44.0 Å². The van der Waals surface area contributed by atoms with Crippen LogP contribution in [-0.2, 0) is 10.8 Å². The fourth-order valence-electron chi connectivity index (χ4n) is 3.63. The van der Waals surface area contributed by atoms with E-state index in [1.165, 1.54) is 6.42 Å². The summed E-state index contributed by atoms with van der Waals surface area (Å²) >= 11 is 0. The molecule has 0 radical (unpaired) electrons. The number of aromatic nitrogens is 2. The van der Waals surface area contributed by atoms with E-state index in [9.17, 15) is 4.21 Å². The smallest absolute Gasteiger partial charge is 0.196 e. The Labute approximate surface area is 105 Å². The highest BCUT2D eigenvalue weighted by atomic mass is 32.2. The summed E-state index contributed by atoms with van der Waals surface area (Å²) in [5.74, 6) is 2.19. The number of nitrogens with zero attached hydrogens (tertiary/aromatic N) is 1. The van der Waals surface area contributed by atoms with E-state index in [1.54, 1.807) is 12.4 Å². The predicted octanol–water partition coefficient (Wildman–Crippen LogP) is 2.59. The van der Waals surface area contributed by atoms with Crippen molar-refractivity contribution in [3.05, 3.63) is 12.4 Å². The molecule has 5 atom stereocenters. The minimum Gasteiger partial charge on any atom is -0.338 e. The number of nitrogens with one attached hydrogen (secondary N) is 1. The van der Waals surface area contributed by atoms with Crippen molar-refractivity contribution in [3.63, 3.8) is 0 Å². The van der Waals surface area contributed by atoms with E-state index in [2.05, 4.69) is 30.7 Å².